The lowest BCUT2D eigenvalue weighted by Crippen LogP contribution is -2.32. The summed E-state index contributed by atoms with van der Waals surface area (Å²) in [7, 11) is 0. The molecule has 0 unspecified atom stereocenters. The fourth-order valence-electron chi connectivity index (χ4n) is 2.86. The van der Waals surface area contributed by atoms with E-state index in [1.54, 1.807) is 36.7 Å². The van der Waals surface area contributed by atoms with Gasteiger partial charge in [0.1, 0.15) is 5.82 Å². The van der Waals surface area contributed by atoms with Gasteiger partial charge in [-0.1, -0.05) is 18.2 Å². The lowest BCUT2D eigenvalue weighted by molar-refractivity contribution is 0.0642. The predicted octanol–water partition coefficient (Wildman–Crippen LogP) is 2.97. The van der Waals surface area contributed by atoms with Gasteiger partial charge in [-0.05, 0) is 42.0 Å². The Hall–Kier alpha value is -2.27. The fourth-order valence-corrected chi connectivity index (χ4v) is 2.86. The van der Waals surface area contributed by atoms with Crippen LogP contribution in [0.15, 0.2) is 42.7 Å². The van der Waals surface area contributed by atoms with Gasteiger partial charge < -0.3 is 10.1 Å². The van der Waals surface area contributed by atoms with Crippen molar-refractivity contribution in [1.82, 2.24) is 10.3 Å². The number of halogens is 1. The molecule has 0 aliphatic carbocycles. The van der Waals surface area contributed by atoms with Gasteiger partial charge in [0, 0.05) is 38.6 Å². The average Bonchev–Trinajstić information content (AvgIpc) is 2.63. The van der Waals surface area contributed by atoms with E-state index in [2.05, 4.69) is 10.3 Å². The summed E-state index contributed by atoms with van der Waals surface area (Å²) in [6.45, 7) is 2.18. The van der Waals surface area contributed by atoms with E-state index in [0.717, 1.165) is 31.6 Å². The number of amides is 1. The zero-order valence-electron chi connectivity index (χ0n) is 13.5. The Morgan fingerprint density at radius 3 is 2.83 bits per heavy atom. The van der Waals surface area contributed by atoms with Crippen molar-refractivity contribution in [2.75, 3.05) is 19.8 Å². The van der Waals surface area contributed by atoms with Crippen molar-refractivity contribution in [3.05, 3.63) is 65.2 Å². The van der Waals surface area contributed by atoms with Gasteiger partial charge in [-0.2, -0.15) is 0 Å². The van der Waals surface area contributed by atoms with E-state index < -0.39 is 0 Å². The van der Waals surface area contributed by atoms with Gasteiger partial charge in [0.25, 0.3) is 5.91 Å². The van der Waals surface area contributed by atoms with Crippen LogP contribution in [0.4, 0.5) is 4.39 Å². The molecule has 1 amide bonds. The van der Waals surface area contributed by atoms with Crippen LogP contribution in [0, 0.1) is 11.7 Å². The van der Waals surface area contributed by atoms with Crippen molar-refractivity contribution in [2.45, 2.75) is 19.3 Å². The Balaban J connectivity index is 1.61. The summed E-state index contributed by atoms with van der Waals surface area (Å²) in [5, 5.41) is 2.96. The highest BCUT2D eigenvalue weighted by atomic mass is 19.1. The van der Waals surface area contributed by atoms with Crippen LogP contribution in [0.2, 0.25) is 0 Å². The topological polar surface area (TPSA) is 51.2 Å². The first-order chi connectivity index (χ1) is 11.7. The lowest BCUT2D eigenvalue weighted by atomic mass is 10.0. The molecule has 0 atom stereocenters. The van der Waals surface area contributed by atoms with Gasteiger partial charge in [-0.15, -0.1) is 0 Å². The lowest BCUT2D eigenvalue weighted by Gasteiger charge is -2.22. The van der Waals surface area contributed by atoms with E-state index in [4.69, 9.17) is 4.74 Å². The smallest absolute Gasteiger partial charge is 0.252 e. The van der Waals surface area contributed by atoms with E-state index in [9.17, 15) is 9.18 Å². The SMILES string of the molecule is O=C(NCC1CCOCC1)c1cncc(Cc2ccccc2F)c1. The number of carbonyl (C=O) groups excluding carboxylic acids is 1. The standard InChI is InChI=1S/C19H21FN2O2/c20-18-4-2-1-3-16(18)9-15-10-17(13-21-11-15)19(23)22-12-14-5-7-24-8-6-14/h1-4,10-11,13-14H,5-9,12H2,(H,22,23). The summed E-state index contributed by atoms with van der Waals surface area (Å²) in [4.78, 5) is 16.4. The van der Waals surface area contributed by atoms with Gasteiger partial charge in [0.05, 0.1) is 5.56 Å². The number of rotatable bonds is 5. The van der Waals surface area contributed by atoms with Crippen LogP contribution in [0.3, 0.4) is 0 Å². The number of carbonyl (C=O) groups is 1. The van der Waals surface area contributed by atoms with Crippen LogP contribution < -0.4 is 5.32 Å². The minimum Gasteiger partial charge on any atom is -0.381 e. The molecular formula is C19H21FN2O2. The number of nitrogens with one attached hydrogen (secondary N) is 1. The Bertz CT molecular complexity index is 699. The zero-order chi connectivity index (χ0) is 16.8. The van der Waals surface area contributed by atoms with Crippen LogP contribution in [0.25, 0.3) is 0 Å². The molecule has 126 valence electrons. The van der Waals surface area contributed by atoms with Crippen molar-refractivity contribution >= 4 is 5.91 Å². The summed E-state index contributed by atoms with van der Waals surface area (Å²) in [6, 6.07) is 8.42. The molecule has 0 bridgehead atoms. The number of nitrogens with zero attached hydrogens (tertiary/aromatic N) is 1. The van der Waals surface area contributed by atoms with E-state index in [0.29, 0.717) is 30.0 Å². The molecule has 4 nitrogen and oxygen atoms in total. The second-order valence-corrected chi connectivity index (χ2v) is 6.12. The van der Waals surface area contributed by atoms with Crippen LogP contribution in [0.1, 0.15) is 34.3 Å². The second kappa shape index (κ2) is 8.02. The minimum atomic E-state index is -0.244. The minimum absolute atomic E-state index is 0.135. The quantitative estimate of drug-likeness (QED) is 0.918. The maximum absolute atomic E-state index is 13.8. The molecule has 0 spiro atoms. The first-order valence-corrected chi connectivity index (χ1v) is 8.25. The highest BCUT2D eigenvalue weighted by molar-refractivity contribution is 5.94. The highest BCUT2D eigenvalue weighted by Gasteiger charge is 2.15. The van der Waals surface area contributed by atoms with Gasteiger partial charge in [0.2, 0.25) is 0 Å². The number of benzene rings is 1. The van der Waals surface area contributed by atoms with Crippen LogP contribution in [-0.2, 0) is 11.2 Å². The summed E-state index contributed by atoms with van der Waals surface area (Å²) < 4.78 is 19.1. The molecule has 1 saturated heterocycles. The van der Waals surface area contributed by atoms with Gasteiger partial charge in [0.15, 0.2) is 0 Å². The highest BCUT2D eigenvalue weighted by Crippen LogP contribution is 2.15. The largest absolute Gasteiger partial charge is 0.381 e. The first kappa shape index (κ1) is 16.6. The molecular weight excluding hydrogens is 307 g/mol. The molecule has 1 fully saturated rings. The van der Waals surface area contributed by atoms with E-state index in [1.165, 1.54) is 6.07 Å². The van der Waals surface area contributed by atoms with Crippen molar-refractivity contribution in [2.24, 2.45) is 5.92 Å². The number of hydrogen-bond acceptors (Lipinski definition) is 3. The molecule has 1 aromatic carbocycles. The molecule has 24 heavy (non-hydrogen) atoms. The first-order valence-electron chi connectivity index (χ1n) is 8.25. The summed E-state index contributed by atoms with van der Waals surface area (Å²) in [5.41, 5.74) is 1.92. The maximum Gasteiger partial charge on any atom is 0.252 e. The number of aromatic nitrogens is 1. The molecule has 1 aliphatic rings. The van der Waals surface area contributed by atoms with Crippen LogP contribution in [-0.4, -0.2) is 30.6 Å². The Morgan fingerprint density at radius 1 is 1.25 bits per heavy atom. The third-order valence-corrected chi connectivity index (χ3v) is 4.30. The van der Waals surface area contributed by atoms with E-state index in [1.807, 2.05) is 0 Å². The van der Waals surface area contributed by atoms with Crippen molar-refractivity contribution in [3.63, 3.8) is 0 Å². The molecule has 1 aliphatic heterocycles. The van der Waals surface area contributed by atoms with Gasteiger partial charge >= 0.3 is 0 Å². The maximum atomic E-state index is 13.8. The molecule has 5 heteroatoms. The molecule has 2 aromatic rings. The van der Waals surface area contributed by atoms with Crippen molar-refractivity contribution < 1.29 is 13.9 Å². The molecule has 3 rings (SSSR count). The average molecular weight is 328 g/mol. The second-order valence-electron chi connectivity index (χ2n) is 6.12. The Labute approximate surface area is 141 Å². The zero-order valence-corrected chi connectivity index (χ0v) is 13.5. The third kappa shape index (κ3) is 4.38. The number of ether oxygens (including phenoxy) is 1. The van der Waals surface area contributed by atoms with Crippen LogP contribution in [0.5, 0.6) is 0 Å². The Morgan fingerprint density at radius 2 is 2.04 bits per heavy atom. The monoisotopic (exact) mass is 328 g/mol. The van der Waals surface area contributed by atoms with E-state index >= 15 is 0 Å². The summed E-state index contributed by atoms with van der Waals surface area (Å²) in [5.74, 6) is 0.0912. The number of hydrogen-bond donors (Lipinski definition) is 1. The van der Waals surface area contributed by atoms with Gasteiger partial charge in [-0.3, -0.25) is 9.78 Å². The third-order valence-electron chi connectivity index (χ3n) is 4.30. The molecule has 2 heterocycles. The summed E-state index contributed by atoms with van der Waals surface area (Å²) in [6.07, 6.45) is 5.59. The van der Waals surface area contributed by atoms with Crippen LogP contribution >= 0.6 is 0 Å². The number of pyridine rings is 1. The normalized spacial score (nSPS) is 15.2. The van der Waals surface area contributed by atoms with Gasteiger partial charge in [-0.25, -0.2) is 4.39 Å². The predicted molar refractivity (Wildman–Crippen MR) is 89.3 cm³/mol. The molecule has 0 radical (unpaired) electrons. The van der Waals surface area contributed by atoms with Crippen molar-refractivity contribution in [1.29, 1.82) is 0 Å². The van der Waals surface area contributed by atoms with Crippen molar-refractivity contribution in [3.8, 4) is 0 Å². The molecule has 0 saturated carbocycles. The van der Waals surface area contributed by atoms with E-state index in [-0.39, 0.29) is 11.7 Å². The molecule has 1 N–H and O–H groups in total. The summed E-state index contributed by atoms with van der Waals surface area (Å²) >= 11 is 0. The molecule has 1 aromatic heterocycles. The Kier molecular flexibility index (Phi) is 5.54. The fraction of sp³-hybridized carbons (Fsp3) is 0.368.